The molecule has 1 heterocycles. The van der Waals surface area contributed by atoms with E-state index in [2.05, 4.69) is 9.84 Å². The van der Waals surface area contributed by atoms with Crippen molar-refractivity contribution in [2.24, 2.45) is 0 Å². The first-order chi connectivity index (χ1) is 7.56. The Balaban J connectivity index is 2.61. The van der Waals surface area contributed by atoms with Crippen LogP contribution in [0.3, 0.4) is 0 Å². The van der Waals surface area contributed by atoms with Crippen LogP contribution in [0.4, 0.5) is 5.82 Å². The molecule has 0 aromatic carbocycles. The monoisotopic (exact) mass is 227 g/mol. The highest BCUT2D eigenvalue weighted by Crippen LogP contribution is 2.17. The van der Waals surface area contributed by atoms with Crippen LogP contribution >= 0.6 is 0 Å². The van der Waals surface area contributed by atoms with Gasteiger partial charge in [-0.2, -0.15) is 0 Å². The van der Waals surface area contributed by atoms with Crippen LogP contribution in [0.15, 0.2) is 6.20 Å². The number of carbonyl (C=O) groups excluding carboxylic acids is 1. The van der Waals surface area contributed by atoms with Gasteiger partial charge in [-0.3, -0.25) is 4.79 Å². The molecule has 0 fully saturated rings. The smallest absolute Gasteiger partial charge is 0.347 e. The number of nitro groups is 1. The summed E-state index contributed by atoms with van der Waals surface area (Å²) in [6.07, 6.45) is 2.14. The van der Waals surface area contributed by atoms with E-state index in [1.807, 2.05) is 0 Å². The minimum absolute atomic E-state index is 0.0233. The molecule has 0 unspecified atom stereocenters. The fourth-order valence-electron chi connectivity index (χ4n) is 1.35. The molecule has 0 aliphatic heterocycles. The van der Waals surface area contributed by atoms with Gasteiger partial charge in [0.2, 0.25) is 0 Å². The van der Waals surface area contributed by atoms with Gasteiger partial charge in [0.1, 0.15) is 6.54 Å². The quantitative estimate of drug-likeness (QED) is 0.426. The second-order valence-corrected chi connectivity index (χ2v) is 3.31. The Morgan fingerprint density at radius 2 is 2.38 bits per heavy atom. The molecule has 7 heteroatoms. The highest BCUT2D eigenvalue weighted by atomic mass is 16.6. The van der Waals surface area contributed by atoms with Gasteiger partial charge in [-0.15, -0.1) is 4.68 Å². The molecule has 0 saturated heterocycles. The van der Waals surface area contributed by atoms with Crippen LogP contribution in [0, 0.1) is 17.0 Å². The van der Waals surface area contributed by atoms with Crippen molar-refractivity contribution in [3.05, 3.63) is 21.9 Å². The van der Waals surface area contributed by atoms with E-state index in [0.29, 0.717) is 18.5 Å². The molecule has 0 radical (unpaired) electrons. The van der Waals surface area contributed by atoms with Crippen LogP contribution in [-0.4, -0.2) is 27.8 Å². The third-order valence-electron chi connectivity index (χ3n) is 2.14. The molecule has 0 amide bonds. The zero-order chi connectivity index (χ0) is 12.1. The minimum atomic E-state index is -0.472. The fourth-order valence-corrected chi connectivity index (χ4v) is 1.35. The Labute approximate surface area is 92.2 Å². The maximum Gasteiger partial charge on any atom is 0.347 e. The first-order valence-corrected chi connectivity index (χ1v) is 4.80. The van der Waals surface area contributed by atoms with Crippen molar-refractivity contribution in [1.29, 1.82) is 0 Å². The molecule has 0 aliphatic carbocycles. The Morgan fingerprint density at radius 3 is 2.94 bits per heavy atom. The van der Waals surface area contributed by atoms with Gasteiger partial charge in [-0.25, -0.2) is 0 Å². The zero-order valence-electron chi connectivity index (χ0n) is 9.17. The van der Waals surface area contributed by atoms with Crippen LogP contribution in [0.25, 0.3) is 0 Å². The molecule has 1 aromatic heterocycles. The van der Waals surface area contributed by atoms with E-state index in [1.165, 1.54) is 18.0 Å². The van der Waals surface area contributed by atoms with Crippen molar-refractivity contribution in [1.82, 2.24) is 9.78 Å². The van der Waals surface area contributed by atoms with Crippen molar-refractivity contribution in [3.8, 4) is 0 Å². The normalized spacial score (nSPS) is 10.1. The SMILES string of the molecule is COC(=O)CCCn1ncc(C)c1[N+](=O)[O-]. The van der Waals surface area contributed by atoms with Crippen LogP contribution in [0.2, 0.25) is 0 Å². The lowest BCUT2D eigenvalue weighted by Crippen LogP contribution is -2.08. The molecule has 0 N–H and O–H groups in total. The summed E-state index contributed by atoms with van der Waals surface area (Å²) < 4.78 is 5.76. The predicted molar refractivity (Wildman–Crippen MR) is 54.9 cm³/mol. The van der Waals surface area contributed by atoms with Crippen LogP contribution in [-0.2, 0) is 16.1 Å². The molecule has 88 valence electrons. The van der Waals surface area contributed by atoms with Crippen molar-refractivity contribution >= 4 is 11.8 Å². The number of hydrogen-bond acceptors (Lipinski definition) is 5. The van der Waals surface area contributed by atoms with E-state index < -0.39 is 4.92 Å². The first-order valence-electron chi connectivity index (χ1n) is 4.80. The third kappa shape index (κ3) is 2.78. The highest BCUT2D eigenvalue weighted by molar-refractivity contribution is 5.68. The third-order valence-corrected chi connectivity index (χ3v) is 2.14. The molecule has 0 aliphatic rings. The Hall–Kier alpha value is -1.92. The van der Waals surface area contributed by atoms with Crippen molar-refractivity contribution in [2.45, 2.75) is 26.3 Å². The van der Waals surface area contributed by atoms with Gasteiger partial charge in [-0.1, -0.05) is 5.10 Å². The molecule has 7 nitrogen and oxygen atoms in total. The summed E-state index contributed by atoms with van der Waals surface area (Å²) in [6.45, 7) is 1.96. The summed E-state index contributed by atoms with van der Waals surface area (Å²) in [5, 5.41) is 14.6. The van der Waals surface area contributed by atoms with Crippen LogP contribution < -0.4 is 0 Å². The van der Waals surface area contributed by atoms with E-state index in [0.717, 1.165) is 0 Å². The Bertz CT molecular complexity index is 399. The molecule has 0 saturated carbocycles. The Kier molecular flexibility index (Phi) is 3.98. The average Bonchev–Trinajstić information content (AvgIpc) is 2.59. The summed E-state index contributed by atoms with van der Waals surface area (Å²) in [4.78, 5) is 21.1. The van der Waals surface area contributed by atoms with Crippen molar-refractivity contribution in [3.63, 3.8) is 0 Å². The molecule has 0 bridgehead atoms. The van der Waals surface area contributed by atoms with Gasteiger partial charge in [0.25, 0.3) is 0 Å². The molecular weight excluding hydrogens is 214 g/mol. The lowest BCUT2D eigenvalue weighted by molar-refractivity contribution is -0.393. The number of nitrogens with zero attached hydrogens (tertiary/aromatic N) is 3. The van der Waals surface area contributed by atoms with E-state index >= 15 is 0 Å². The number of aryl methyl sites for hydroxylation is 2. The number of rotatable bonds is 5. The maximum absolute atomic E-state index is 10.8. The summed E-state index contributed by atoms with van der Waals surface area (Å²) >= 11 is 0. The largest absolute Gasteiger partial charge is 0.469 e. The zero-order valence-corrected chi connectivity index (χ0v) is 9.17. The fraction of sp³-hybridized carbons (Fsp3) is 0.556. The lowest BCUT2D eigenvalue weighted by atomic mass is 10.3. The first kappa shape index (κ1) is 12.2. The standard InChI is InChI=1S/C9H13N3O4/c1-7-6-10-11(9(7)12(14)15)5-3-4-8(13)16-2/h6H,3-5H2,1-2H3. The van der Waals surface area contributed by atoms with Gasteiger partial charge in [0, 0.05) is 6.42 Å². The average molecular weight is 227 g/mol. The van der Waals surface area contributed by atoms with Gasteiger partial charge < -0.3 is 14.9 Å². The molecule has 0 atom stereocenters. The molecular formula is C9H13N3O4. The highest BCUT2D eigenvalue weighted by Gasteiger charge is 2.18. The van der Waals surface area contributed by atoms with Crippen molar-refractivity contribution in [2.75, 3.05) is 7.11 Å². The second-order valence-electron chi connectivity index (χ2n) is 3.31. The van der Waals surface area contributed by atoms with Crippen molar-refractivity contribution < 1.29 is 14.5 Å². The maximum atomic E-state index is 10.8. The second kappa shape index (κ2) is 5.24. The number of esters is 1. The van der Waals surface area contributed by atoms with Gasteiger partial charge in [0.15, 0.2) is 0 Å². The molecule has 1 aromatic rings. The summed E-state index contributed by atoms with van der Waals surface area (Å²) in [5.41, 5.74) is 0.517. The van der Waals surface area contributed by atoms with E-state index in [1.54, 1.807) is 6.92 Å². The summed E-state index contributed by atoms with van der Waals surface area (Å²) in [7, 11) is 1.31. The Morgan fingerprint density at radius 1 is 1.69 bits per heavy atom. The number of hydrogen-bond donors (Lipinski definition) is 0. The van der Waals surface area contributed by atoms with Gasteiger partial charge in [-0.05, 0) is 18.3 Å². The lowest BCUT2D eigenvalue weighted by Gasteiger charge is -2.00. The molecule has 1 rings (SSSR count). The summed E-state index contributed by atoms with van der Waals surface area (Å²) in [5.74, 6) is -0.351. The van der Waals surface area contributed by atoms with E-state index in [9.17, 15) is 14.9 Å². The number of ether oxygens (including phenoxy) is 1. The molecule has 0 spiro atoms. The number of methoxy groups -OCH3 is 1. The van der Waals surface area contributed by atoms with Crippen LogP contribution in [0.1, 0.15) is 18.4 Å². The molecule has 16 heavy (non-hydrogen) atoms. The summed E-state index contributed by atoms with van der Waals surface area (Å²) in [6, 6.07) is 0. The number of carbonyl (C=O) groups is 1. The topological polar surface area (TPSA) is 87.3 Å². The van der Waals surface area contributed by atoms with E-state index in [-0.39, 0.29) is 18.2 Å². The number of aromatic nitrogens is 2. The van der Waals surface area contributed by atoms with Gasteiger partial charge in [0.05, 0.1) is 18.9 Å². The minimum Gasteiger partial charge on any atom is -0.469 e. The van der Waals surface area contributed by atoms with Gasteiger partial charge >= 0.3 is 11.8 Å². The predicted octanol–water partition coefficient (Wildman–Crippen LogP) is 1.05. The van der Waals surface area contributed by atoms with Crippen LogP contribution in [0.5, 0.6) is 0 Å². The van der Waals surface area contributed by atoms with E-state index in [4.69, 9.17) is 0 Å².